The van der Waals surface area contributed by atoms with Gasteiger partial charge in [-0.25, -0.2) is 23.1 Å². The molecule has 0 amide bonds. The van der Waals surface area contributed by atoms with Gasteiger partial charge in [0.1, 0.15) is 0 Å². The van der Waals surface area contributed by atoms with Crippen molar-refractivity contribution in [2.75, 3.05) is 21.9 Å². The molecule has 10 nitrogen and oxygen atoms in total. The Kier molecular flexibility index (Phi) is 6.22. The number of sulfonamides is 1. The first kappa shape index (κ1) is 23.7. The molecule has 2 bridgehead atoms. The van der Waals surface area contributed by atoms with Gasteiger partial charge < -0.3 is 10.6 Å². The van der Waals surface area contributed by atoms with Crippen molar-refractivity contribution in [2.45, 2.75) is 38.0 Å². The summed E-state index contributed by atoms with van der Waals surface area (Å²) in [6, 6.07) is 7.76. The topological polar surface area (TPSA) is 135 Å². The van der Waals surface area contributed by atoms with Gasteiger partial charge in [-0.2, -0.15) is 15.0 Å². The Morgan fingerprint density at radius 2 is 1.71 bits per heavy atom. The van der Waals surface area contributed by atoms with Gasteiger partial charge in [-0.1, -0.05) is 13.8 Å². The van der Waals surface area contributed by atoms with Gasteiger partial charge in [0.25, 0.3) is 10.0 Å². The minimum absolute atomic E-state index is 0.00322. The van der Waals surface area contributed by atoms with Crippen LogP contribution in [-0.4, -0.2) is 39.9 Å². The maximum atomic E-state index is 12.6. The smallest absolute Gasteiger partial charge is 0.264 e. The summed E-state index contributed by atoms with van der Waals surface area (Å²) < 4.78 is 27.5. The predicted octanol–water partition coefficient (Wildman–Crippen LogP) is 4.34. The van der Waals surface area contributed by atoms with E-state index in [1.807, 2.05) is 0 Å². The molecule has 0 radical (unpaired) electrons. The fraction of sp³-hybridized carbons (Fsp3) is 0.435. The lowest BCUT2D eigenvalue weighted by atomic mass is 9.45. The Bertz CT molecular complexity index is 1300. The number of nitrogens with one attached hydrogen (secondary N) is 3. The van der Waals surface area contributed by atoms with Crippen LogP contribution in [0.4, 0.5) is 23.5 Å². The number of anilines is 4. The molecule has 3 aromatic rings. The molecule has 2 heterocycles. The first-order valence-electron chi connectivity index (χ1n) is 11.5. The largest absolute Gasteiger partial charge is 0.354 e. The first-order chi connectivity index (χ1) is 16.7. The number of rotatable bonds is 8. The SMILES string of the molecule is CC1(C)[C@@H]2CCC(CNc3nc(Cl)nc(Nc4ccc(S(=O)(=O)Nc5ncccn5)cc4)n3)[C@H]1C2. The molecule has 35 heavy (non-hydrogen) atoms. The molecule has 3 N–H and O–H groups in total. The zero-order valence-electron chi connectivity index (χ0n) is 19.4. The first-order valence-corrected chi connectivity index (χ1v) is 13.4. The molecule has 0 saturated heterocycles. The summed E-state index contributed by atoms with van der Waals surface area (Å²) in [5.74, 6) is 2.86. The molecule has 3 aliphatic rings. The van der Waals surface area contributed by atoms with Gasteiger partial charge in [-0.15, -0.1) is 0 Å². The third-order valence-electron chi connectivity index (χ3n) is 7.34. The molecule has 6 rings (SSSR count). The van der Waals surface area contributed by atoms with Gasteiger partial charge in [-0.05, 0) is 84.4 Å². The molecule has 3 fully saturated rings. The van der Waals surface area contributed by atoms with Crippen molar-refractivity contribution in [3.05, 3.63) is 48.0 Å². The lowest BCUT2D eigenvalue weighted by Gasteiger charge is -2.60. The van der Waals surface area contributed by atoms with Crippen molar-refractivity contribution in [1.82, 2.24) is 24.9 Å². The lowest BCUT2D eigenvalue weighted by molar-refractivity contribution is -0.100. The maximum Gasteiger partial charge on any atom is 0.264 e. The maximum absolute atomic E-state index is 12.6. The second-order valence-corrected chi connectivity index (χ2v) is 11.7. The van der Waals surface area contributed by atoms with Crippen molar-refractivity contribution in [1.29, 1.82) is 0 Å². The van der Waals surface area contributed by atoms with E-state index in [0.29, 0.717) is 23.0 Å². The fourth-order valence-corrected chi connectivity index (χ4v) is 6.41. The number of nitrogens with zero attached hydrogens (tertiary/aromatic N) is 5. The molecule has 1 unspecified atom stereocenters. The highest BCUT2D eigenvalue weighted by atomic mass is 35.5. The lowest BCUT2D eigenvalue weighted by Crippen LogP contribution is -2.53. The van der Waals surface area contributed by atoms with Crippen LogP contribution in [-0.2, 0) is 10.0 Å². The average molecular weight is 515 g/mol. The fourth-order valence-electron chi connectivity index (χ4n) is 5.29. The van der Waals surface area contributed by atoms with Gasteiger partial charge in [0.15, 0.2) is 0 Å². The highest BCUT2D eigenvalue weighted by Gasteiger charge is 2.53. The van der Waals surface area contributed by atoms with E-state index in [2.05, 4.69) is 54.1 Å². The highest BCUT2D eigenvalue weighted by Crippen LogP contribution is 2.61. The summed E-state index contributed by atoms with van der Waals surface area (Å²) in [7, 11) is -3.82. The Morgan fingerprint density at radius 1 is 1.00 bits per heavy atom. The average Bonchev–Trinajstić information content (AvgIpc) is 2.83. The van der Waals surface area contributed by atoms with E-state index in [4.69, 9.17) is 11.6 Å². The second-order valence-electron chi connectivity index (χ2n) is 9.66. The standard InChI is InChI=1S/C23H27ClN8O2S/c1-23(2)15-5-4-14(18(23)12-15)13-27-21-29-19(24)30-22(31-21)28-16-6-8-17(9-7-16)35(33,34)32-20-25-10-3-11-26-20/h3,6-11,14-15,18H,4-5,12-13H2,1-2H3,(H,25,26,32)(H2,27,28,29,30,31)/t14?,15-,18-/m1/s1. The van der Waals surface area contributed by atoms with Crippen LogP contribution < -0.4 is 15.4 Å². The van der Waals surface area contributed by atoms with Crippen molar-refractivity contribution in [2.24, 2.45) is 23.2 Å². The molecule has 0 spiro atoms. The Hall–Kier alpha value is -3.05. The monoisotopic (exact) mass is 514 g/mol. The Balaban J connectivity index is 1.23. The predicted molar refractivity (Wildman–Crippen MR) is 134 cm³/mol. The van der Waals surface area contributed by atoms with Gasteiger partial charge in [0.2, 0.25) is 23.1 Å². The summed E-state index contributed by atoms with van der Waals surface area (Å²) in [4.78, 5) is 20.6. The van der Waals surface area contributed by atoms with Crippen molar-refractivity contribution >= 4 is 45.2 Å². The van der Waals surface area contributed by atoms with Crippen molar-refractivity contribution in [3.63, 3.8) is 0 Å². The number of hydrogen-bond acceptors (Lipinski definition) is 9. The molecule has 0 aliphatic heterocycles. The number of benzene rings is 1. The third kappa shape index (κ3) is 5.01. The molecular formula is C23H27ClN8O2S. The van der Waals surface area contributed by atoms with Crippen LogP contribution >= 0.6 is 11.6 Å². The van der Waals surface area contributed by atoms with Crippen molar-refractivity contribution in [3.8, 4) is 0 Å². The zero-order chi connectivity index (χ0) is 24.6. The summed E-state index contributed by atoms with van der Waals surface area (Å²) in [5, 5.41) is 6.47. The molecule has 184 valence electrons. The quantitative estimate of drug-likeness (QED) is 0.401. The molecule has 3 saturated carbocycles. The molecule has 3 atom stereocenters. The molecule has 2 aromatic heterocycles. The van der Waals surface area contributed by atoms with E-state index < -0.39 is 10.0 Å². The number of aromatic nitrogens is 5. The van der Waals surface area contributed by atoms with E-state index in [1.54, 1.807) is 18.2 Å². The Labute approximate surface area is 209 Å². The summed E-state index contributed by atoms with van der Waals surface area (Å²) in [6.07, 6.45) is 6.72. The van der Waals surface area contributed by atoms with Crippen LogP contribution in [0.25, 0.3) is 0 Å². The van der Waals surface area contributed by atoms with Crippen LogP contribution in [0.2, 0.25) is 5.28 Å². The van der Waals surface area contributed by atoms with E-state index in [0.717, 1.165) is 18.4 Å². The van der Waals surface area contributed by atoms with Crippen LogP contribution in [0.3, 0.4) is 0 Å². The van der Waals surface area contributed by atoms with Gasteiger partial charge in [0.05, 0.1) is 4.90 Å². The van der Waals surface area contributed by atoms with Crippen LogP contribution in [0, 0.1) is 23.2 Å². The molecule has 12 heteroatoms. The van der Waals surface area contributed by atoms with E-state index in [1.165, 1.54) is 43.8 Å². The van der Waals surface area contributed by atoms with Gasteiger partial charge in [0, 0.05) is 24.6 Å². The Morgan fingerprint density at radius 3 is 2.40 bits per heavy atom. The highest BCUT2D eigenvalue weighted by molar-refractivity contribution is 7.92. The number of fused-ring (bicyclic) bond motifs is 2. The minimum Gasteiger partial charge on any atom is -0.354 e. The zero-order valence-corrected chi connectivity index (χ0v) is 21.0. The van der Waals surface area contributed by atoms with Crippen molar-refractivity contribution < 1.29 is 8.42 Å². The van der Waals surface area contributed by atoms with Gasteiger partial charge >= 0.3 is 0 Å². The van der Waals surface area contributed by atoms with Crippen LogP contribution in [0.1, 0.15) is 33.1 Å². The normalized spacial score (nSPS) is 22.7. The van der Waals surface area contributed by atoms with E-state index in [9.17, 15) is 8.42 Å². The molecular weight excluding hydrogens is 488 g/mol. The van der Waals surface area contributed by atoms with Gasteiger partial charge in [-0.3, -0.25) is 0 Å². The summed E-state index contributed by atoms with van der Waals surface area (Å²) >= 11 is 6.14. The summed E-state index contributed by atoms with van der Waals surface area (Å²) in [6.45, 7) is 5.55. The summed E-state index contributed by atoms with van der Waals surface area (Å²) in [5.41, 5.74) is 1.01. The minimum atomic E-state index is -3.82. The second kappa shape index (κ2) is 9.19. The number of hydrogen-bond donors (Lipinski definition) is 3. The van der Waals surface area contributed by atoms with Crippen LogP contribution in [0.15, 0.2) is 47.6 Å². The van der Waals surface area contributed by atoms with Crippen LogP contribution in [0.5, 0.6) is 0 Å². The molecule has 3 aliphatic carbocycles. The van der Waals surface area contributed by atoms with E-state index >= 15 is 0 Å². The third-order valence-corrected chi connectivity index (χ3v) is 8.86. The molecule has 1 aromatic carbocycles. The van der Waals surface area contributed by atoms with E-state index in [-0.39, 0.29) is 22.1 Å². The number of halogens is 1.